The molecule has 1 atom stereocenters. The van der Waals surface area contributed by atoms with E-state index in [-0.39, 0.29) is 11.8 Å². The third-order valence-corrected chi connectivity index (χ3v) is 5.44. The molecule has 1 unspecified atom stereocenters. The van der Waals surface area contributed by atoms with Gasteiger partial charge in [-0.2, -0.15) is 0 Å². The van der Waals surface area contributed by atoms with Gasteiger partial charge in [0.25, 0.3) is 0 Å². The zero-order valence-corrected chi connectivity index (χ0v) is 15.2. The topological polar surface area (TPSA) is 50.8 Å². The van der Waals surface area contributed by atoms with Crippen LogP contribution in [0.25, 0.3) is 0 Å². The molecule has 0 bridgehead atoms. The Bertz CT molecular complexity index is 523. The van der Waals surface area contributed by atoms with Crippen LogP contribution in [0.5, 0.6) is 0 Å². The molecular formula is C20H30N2O3. The lowest BCUT2D eigenvalue weighted by atomic mass is 9.91. The fourth-order valence-electron chi connectivity index (χ4n) is 3.82. The van der Waals surface area contributed by atoms with Gasteiger partial charge in [-0.15, -0.1) is 0 Å². The zero-order chi connectivity index (χ0) is 17.5. The monoisotopic (exact) mass is 346 g/mol. The summed E-state index contributed by atoms with van der Waals surface area (Å²) in [6.45, 7) is 3.37. The highest BCUT2D eigenvalue weighted by molar-refractivity contribution is 5.84. The number of rotatable bonds is 6. The molecule has 5 nitrogen and oxygen atoms in total. The average molecular weight is 346 g/mol. The van der Waals surface area contributed by atoms with E-state index in [4.69, 9.17) is 9.47 Å². The summed E-state index contributed by atoms with van der Waals surface area (Å²) in [5.74, 6) is 0.0898. The lowest BCUT2D eigenvalue weighted by Gasteiger charge is -2.33. The van der Waals surface area contributed by atoms with Gasteiger partial charge in [-0.25, -0.2) is 0 Å². The van der Waals surface area contributed by atoms with Gasteiger partial charge in [-0.05, 0) is 31.2 Å². The van der Waals surface area contributed by atoms with Gasteiger partial charge < -0.3 is 19.7 Å². The van der Waals surface area contributed by atoms with Gasteiger partial charge in [0.1, 0.15) is 0 Å². The second-order valence-corrected chi connectivity index (χ2v) is 7.02. The van der Waals surface area contributed by atoms with Crippen LogP contribution in [0.1, 0.15) is 37.2 Å². The molecule has 1 aliphatic carbocycles. The summed E-state index contributed by atoms with van der Waals surface area (Å²) in [6.07, 6.45) is 4.83. The maximum atomic E-state index is 13.1. The Hall–Kier alpha value is -1.43. The van der Waals surface area contributed by atoms with Crippen LogP contribution in [0, 0.1) is 0 Å². The van der Waals surface area contributed by atoms with E-state index in [1.807, 2.05) is 23.1 Å². The van der Waals surface area contributed by atoms with Crippen LogP contribution in [0.4, 0.5) is 0 Å². The molecule has 1 aromatic carbocycles. The van der Waals surface area contributed by atoms with E-state index < -0.39 is 0 Å². The fourth-order valence-corrected chi connectivity index (χ4v) is 3.82. The molecule has 1 saturated carbocycles. The van der Waals surface area contributed by atoms with Crippen molar-refractivity contribution < 1.29 is 14.3 Å². The van der Waals surface area contributed by atoms with Gasteiger partial charge in [0.2, 0.25) is 5.91 Å². The smallest absolute Gasteiger partial charge is 0.231 e. The Morgan fingerprint density at radius 3 is 2.52 bits per heavy atom. The predicted octanol–water partition coefficient (Wildman–Crippen LogP) is 2.18. The van der Waals surface area contributed by atoms with Gasteiger partial charge in [0.05, 0.1) is 25.2 Å². The normalized spacial score (nSPS) is 25.6. The highest BCUT2D eigenvalue weighted by Gasteiger charge is 2.28. The van der Waals surface area contributed by atoms with Gasteiger partial charge in [-0.1, -0.05) is 30.3 Å². The molecule has 1 saturated heterocycles. The van der Waals surface area contributed by atoms with E-state index in [1.165, 1.54) is 0 Å². The number of morpholine rings is 1. The van der Waals surface area contributed by atoms with Crippen molar-refractivity contribution in [3.05, 3.63) is 35.9 Å². The Morgan fingerprint density at radius 2 is 1.88 bits per heavy atom. The summed E-state index contributed by atoms with van der Waals surface area (Å²) in [4.78, 5) is 15.0. The summed E-state index contributed by atoms with van der Waals surface area (Å²) in [5, 5.41) is 3.65. The van der Waals surface area contributed by atoms with E-state index in [0.717, 1.165) is 31.2 Å². The molecule has 5 heteroatoms. The second kappa shape index (κ2) is 9.32. The summed E-state index contributed by atoms with van der Waals surface area (Å²) in [5.41, 5.74) is 1.09. The lowest BCUT2D eigenvalue weighted by molar-refractivity contribution is -0.136. The summed E-state index contributed by atoms with van der Waals surface area (Å²) >= 11 is 0. The van der Waals surface area contributed by atoms with E-state index in [1.54, 1.807) is 7.11 Å². The molecule has 1 amide bonds. The number of amides is 1. The molecule has 2 fully saturated rings. The van der Waals surface area contributed by atoms with Crippen LogP contribution >= 0.6 is 0 Å². The number of hydrogen-bond acceptors (Lipinski definition) is 4. The quantitative estimate of drug-likeness (QED) is 0.858. The van der Waals surface area contributed by atoms with Crippen molar-refractivity contribution in [1.82, 2.24) is 10.2 Å². The average Bonchev–Trinajstić information content (AvgIpc) is 2.70. The molecule has 25 heavy (non-hydrogen) atoms. The van der Waals surface area contributed by atoms with Crippen LogP contribution < -0.4 is 5.32 Å². The first-order chi connectivity index (χ1) is 12.3. The van der Waals surface area contributed by atoms with Crippen molar-refractivity contribution >= 4 is 5.91 Å². The zero-order valence-electron chi connectivity index (χ0n) is 15.2. The van der Waals surface area contributed by atoms with Gasteiger partial charge in [-0.3, -0.25) is 4.79 Å². The maximum Gasteiger partial charge on any atom is 0.231 e. The first-order valence-electron chi connectivity index (χ1n) is 9.45. The van der Waals surface area contributed by atoms with Crippen LogP contribution in [-0.2, 0) is 14.3 Å². The molecule has 1 aromatic rings. The summed E-state index contributed by atoms with van der Waals surface area (Å²) in [6, 6.07) is 10.6. The van der Waals surface area contributed by atoms with Crippen molar-refractivity contribution in [2.45, 2.75) is 43.7 Å². The van der Waals surface area contributed by atoms with Crippen molar-refractivity contribution in [3.63, 3.8) is 0 Å². The minimum atomic E-state index is -0.126. The van der Waals surface area contributed by atoms with Gasteiger partial charge >= 0.3 is 0 Å². The number of nitrogens with one attached hydrogen (secondary N) is 1. The molecule has 2 aliphatic rings. The van der Waals surface area contributed by atoms with Crippen molar-refractivity contribution in [2.24, 2.45) is 0 Å². The minimum Gasteiger partial charge on any atom is -0.381 e. The molecule has 138 valence electrons. The number of hydrogen-bond donors (Lipinski definition) is 1. The Labute approximate surface area is 150 Å². The van der Waals surface area contributed by atoms with Crippen LogP contribution in [0.2, 0.25) is 0 Å². The van der Waals surface area contributed by atoms with E-state index in [0.29, 0.717) is 45.0 Å². The standard InChI is InChI=1S/C20H30N2O3/c1-24-18-9-7-17(8-10-18)21-15-19(16-5-3-2-4-6-16)20(23)22-11-13-25-14-12-22/h2-6,17-19,21H,7-15H2,1H3. The number of benzene rings is 1. The maximum absolute atomic E-state index is 13.1. The minimum absolute atomic E-state index is 0.126. The third-order valence-electron chi connectivity index (χ3n) is 5.44. The van der Waals surface area contributed by atoms with Crippen LogP contribution in [0.15, 0.2) is 30.3 Å². The van der Waals surface area contributed by atoms with E-state index in [2.05, 4.69) is 17.4 Å². The summed E-state index contributed by atoms with van der Waals surface area (Å²) in [7, 11) is 1.80. The molecule has 1 aliphatic heterocycles. The Kier molecular flexibility index (Phi) is 6.84. The Balaban J connectivity index is 1.62. The molecule has 0 radical (unpaired) electrons. The fraction of sp³-hybridized carbons (Fsp3) is 0.650. The Morgan fingerprint density at radius 1 is 1.20 bits per heavy atom. The number of carbonyl (C=O) groups is 1. The van der Waals surface area contributed by atoms with Gasteiger partial charge in [0, 0.05) is 32.8 Å². The lowest BCUT2D eigenvalue weighted by Crippen LogP contribution is -2.46. The first-order valence-corrected chi connectivity index (χ1v) is 9.45. The molecular weight excluding hydrogens is 316 g/mol. The van der Waals surface area contributed by atoms with E-state index in [9.17, 15) is 4.79 Å². The van der Waals surface area contributed by atoms with Crippen LogP contribution in [-0.4, -0.2) is 62.9 Å². The third kappa shape index (κ3) is 5.03. The van der Waals surface area contributed by atoms with Crippen molar-refractivity contribution in [3.8, 4) is 0 Å². The SMILES string of the molecule is COC1CCC(NCC(C(=O)N2CCOCC2)c2ccccc2)CC1. The summed E-state index contributed by atoms with van der Waals surface area (Å²) < 4.78 is 10.8. The highest BCUT2D eigenvalue weighted by Crippen LogP contribution is 2.23. The molecule has 1 heterocycles. The second-order valence-electron chi connectivity index (χ2n) is 7.02. The first kappa shape index (κ1) is 18.4. The molecule has 3 rings (SSSR count). The van der Waals surface area contributed by atoms with Crippen molar-refractivity contribution in [2.75, 3.05) is 40.0 Å². The molecule has 0 aromatic heterocycles. The van der Waals surface area contributed by atoms with Gasteiger partial charge in [0.15, 0.2) is 0 Å². The number of methoxy groups -OCH3 is 1. The van der Waals surface area contributed by atoms with E-state index >= 15 is 0 Å². The molecule has 1 N–H and O–H groups in total. The number of nitrogens with zero attached hydrogens (tertiary/aromatic N) is 1. The van der Waals surface area contributed by atoms with Crippen LogP contribution in [0.3, 0.4) is 0 Å². The predicted molar refractivity (Wildman–Crippen MR) is 97.6 cm³/mol. The highest BCUT2D eigenvalue weighted by atomic mass is 16.5. The largest absolute Gasteiger partial charge is 0.381 e. The number of ether oxygens (including phenoxy) is 2. The molecule has 0 spiro atoms. The van der Waals surface area contributed by atoms with Crippen molar-refractivity contribution in [1.29, 1.82) is 0 Å². The number of carbonyl (C=O) groups excluding carboxylic acids is 1.